The second-order valence-corrected chi connectivity index (χ2v) is 14.9. The number of hydrogen-bond acceptors (Lipinski definition) is 4. The molecule has 0 atom stereocenters. The maximum atomic E-state index is 6.23. The van der Waals surface area contributed by atoms with Gasteiger partial charge in [-0.05, 0) is 91.0 Å². The normalized spacial score (nSPS) is 14.6. The number of benzene rings is 7. The van der Waals surface area contributed by atoms with Crippen LogP contribution in [0.1, 0.15) is 38.8 Å². The van der Waals surface area contributed by atoms with Gasteiger partial charge in [-0.3, -0.25) is 0 Å². The number of hydrogen-bond donors (Lipinski definition) is 0. The molecule has 9 aromatic rings. The first kappa shape index (κ1) is 29.8. The molecule has 0 amide bonds. The third-order valence-corrected chi connectivity index (χ3v) is 11.7. The molecule has 0 fully saturated rings. The smallest absolute Gasteiger partial charge is 0.164 e. The summed E-state index contributed by atoms with van der Waals surface area (Å²) in [6.07, 6.45) is 0. The maximum Gasteiger partial charge on any atom is 0.164 e. The lowest BCUT2D eigenvalue weighted by molar-refractivity contribution is 0.299. The number of fused-ring (bicyclic) bond motifs is 9. The Hall–Kier alpha value is -6.13. The Bertz CT molecular complexity index is 2860. The van der Waals surface area contributed by atoms with Crippen molar-refractivity contribution in [1.29, 1.82) is 0 Å². The van der Waals surface area contributed by atoms with E-state index in [4.69, 9.17) is 19.4 Å². The van der Waals surface area contributed by atoms with Gasteiger partial charge in [-0.1, -0.05) is 131 Å². The number of furan rings is 1. The summed E-state index contributed by atoms with van der Waals surface area (Å²) in [6.45, 7) is 9.56. The van der Waals surface area contributed by atoms with Crippen LogP contribution in [0.2, 0.25) is 0 Å². The van der Waals surface area contributed by atoms with Crippen LogP contribution >= 0.6 is 0 Å². The van der Waals surface area contributed by atoms with Crippen molar-refractivity contribution in [3.8, 4) is 45.3 Å². The Morgan fingerprint density at radius 1 is 0.392 bits per heavy atom. The van der Waals surface area contributed by atoms with Gasteiger partial charge in [0.2, 0.25) is 0 Å². The third kappa shape index (κ3) is 4.42. The van der Waals surface area contributed by atoms with Gasteiger partial charge in [-0.15, -0.1) is 0 Å². The molecule has 1 aliphatic carbocycles. The summed E-state index contributed by atoms with van der Waals surface area (Å²) in [5, 5.41) is 7.06. The Kier molecular flexibility index (Phi) is 6.23. The zero-order chi connectivity index (χ0) is 34.5. The number of nitrogens with zero attached hydrogens (tertiary/aromatic N) is 3. The van der Waals surface area contributed by atoms with Gasteiger partial charge in [0.05, 0.1) is 0 Å². The fraction of sp³-hybridized carbons (Fsp3) is 0.128. The van der Waals surface area contributed by atoms with Crippen molar-refractivity contribution in [2.24, 2.45) is 0 Å². The van der Waals surface area contributed by atoms with Crippen molar-refractivity contribution >= 4 is 43.5 Å². The molecule has 1 aliphatic rings. The average molecular weight is 658 g/mol. The highest BCUT2D eigenvalue weighted by molar-refractivity contribution is 6.10. The SMILES string of the molecule is CC1(C)c2ccccc2-c2cc3ccc4cc(-c5nc(-c6ccccc6)nc(-c6ccc7c(c6)oc6ccccc67)n5)ccc4c3cc2C1(C)C. The van der Waals surface area contributed by atoms with Crippen molar-refractivity contribution in [3.05, 3.63) is 151 Å². The summed E-state index contributed by atoms with van der Waals surface area (Å²) in [5.74, 6) is 1.88. The van der Waals surface area contributed by atoms with Crippen LogP contribution in [0.3, 0.4) is 0 Å². The zero-order valence-electron chi connectivity index (χ0n) is 29.0. The van der Waals surface area contributed by atoms with Crippen LogP contribution < -0.4 is 0 Å². The molecule has 0 bridgehead atoms. The summed E-state index contributed by atoms with van der Waals surface area (Å²) < 4.78 is 6.23. The molecular formula is C47H35N3O. The van der Waals surface area contributed by atoms with Gasteiger partial charge in [0.25, 0.3) is 0 Å². The van der Waals surface area contributed by atoms with Crippen LogP contribution in [-0.4, -0.2) is 15.0 Å². The molecule has 10 rings (SSSR count). The first-order valence-corrected chi connectivity index (χ1v) is 17.6. The number of rotatable bonds is 3. The molecule has 0 N–H and O–H groups in total. The van der Waals surface area contributed by atoms with Crippen LogP contribution in [-0.2, 0) is 10.8 Å². The van der Waals surface area contributed by atoms with E-state index in [2.05, 4.69) is 113 Å². The second kappa shape index (κ2) is 10.7. The van der Waals surface area contributed by atoms with E-state index in [9.17, 15) is 0 Å². The number of aromatic nitrogens is 3. The molecule has 0 saturated heterocycles. The van der Waals surface area contributed by atoms with Gasteiger partial charge in [-0.25, -0.2) is 15.0 Å². The zero-order valence-corrected chi connectivity index (χ0v) is 29.0. The van der Waals surface area contributed by atoms with E-state index in [0.29, 0.717) is 17.5 Å². The van der Waals surface area contributed by atoms with Crippen LogP contribution in [0.5, 0.6) is 0 Å². The molecule has 4 nitrogen and oxygen atoms in total. The highest BCUT2D eigenvalue weighted by Gasteiger charge is 2.45. The minimum atomic E-state index is -0.0620. The Labute approximate surface area is 296 Å². The molecule has 0 aliphatic heterocycles. The van der Waals surface area contributed by atoms with Crippen molar-refractivity contribution < 1.29 is 4.42 Å². The van der Waals surface area contributed by atoms with Crippen molar-refractivity contribution in [2.75, 3.05) is 0 Å². The summed E-state index contributed by atoms with van der Waals surface area (Å²) in [7, 11) is 0. The molecule has 7 aromatic carbocycles. The number of para-hydroxylation sites is 1. The van der Waals surface area contributed by atoms with Gasteiger partial charge < -0.3 is 4.42 Å². The van der Waals surface area contributed by atoms with Gasteiger partial charge in [0, 0.05) is 27.5 Å². The quantitative estimate of drug-likeness (QED) is 0.177. The monoisotopic (exact) mass is 657 g/mol. The van der Waals surface area contributed by atoms with Gasteiger partial charge in [0.1, 0.15) is 11.2 Å². The Morgan fingerprint density at radius 3 is 1.76 bits per heavy atom. The predicted octanol–water partition coefficient (Wildman–Crippen LogP) is 12.3. The molecule has 51 heavy (non-hydrogen) atoms. The third-order valence-electron chi connectivity index (χ3n) is 11.7. The first-order valence-electron chi connectivity index (χ1n) is 17.6. The van der Waals surface area contributed by atoms with E-state index >= 15 is 0 Å². The van der Waals surface area contributed by atoms with Gasteiger partial charge in [-0.2, -0.15) is 0 Å². The molecule has 0 radical (unpaired) electrons. The fourth-order valence-corrected chi connectivity index (χ4v) is 8.14. The van der Waals surface area contributed by atoms with E-state index < -0.39 is 0 Å². The maximum absolute atomic E-state index is 6.23. The van der Waals surface area contributed by atoms with E-state index in [-0.39, 0.29) is 10.8 Å². The van der Waals surface area contributed by atoms with Crippen LogP contribution in [0.4, 0.5) is 0 Å². The summed E-state index contributed by atoms with van der Waals surface area (Å²) in [6, 6.07) is 49.3. The molecule has 2 aromatic heterocycles. The van der Waals surface area contributed by atoms with Crippen molar-refractivity contribution in [3.63, 3.8) is 0 Å². The van der Waals surface area contributed by atoms with E-state index in [1.807, 2.05) is 54.6 Å². The average Bonchev–Trinajstić information content (AvgIpc) is 3.55. The Morgan fingerprint density at radius 2 is 0.980 bits per heavy atom. The molecule has 2 heterocycles. The minimum absolute atomic E-state index is 0.0240. The standard InChI is InChI=1S/C47H35N3O/c1-46(2)39-16-10-8-14-34(39)38-25-30-19-18-29-24-31(20-22-33(29)37(30)27-40(38)47(46,3)4)44-48-43(28-12-6-5-7-13-28)49-45(50-44)32-21-23-36-35-15-9-11-17-41(35)51-42(36)26-32/h5-27H,1-4H3. The molecule has 0 saturated carbocycles. The summed E-state index contributed by atoms with van der Waals surface area (Å²) in [4.78, 5) is 15.1. The molecule has 244 valence electrons. The molecule has 0 spiro atoms. The summed E-state index contributed by atoms with van der Waals surface area (Å²) in [5.41, 5.74) is 9.85. The fourth-order valence-electron chi connectivity index (χ4n) is 8.14. The van der Waals surface area contributed by atoms with E-state index in [1.54, 1.807) is 0 Å². The first-order chi connectivity index (χ1) is 24.8. The van der Waals surface area contributed by atoms with Crippen LogP contribution in [0.15, 0.2) is 144 Å². The lowest BCUT2D eigenvalue weighted by Gasteiger charge is -2.48. The van der Waals surface area contributed by atoms with E-state index in [1.165, 1.54) is 38.4 Å². The lowest BCUT2D eigenvalue weighted by atomic mass is 9.55. The molecule has 4 heteroatoms. The van der Waals surface area contributed by atoms with Gasteiger partial charge >= 0.3 is 0 Å². The summed E-state index contributed by atoms with van der Waals surface area (Å²) >= 11 is 0. The molecular weight excluding hydrogens is 623 g/mol. The van der Waals surface area contributed by atoms with Crippen molar-refractivity contribution in [2.45, 2.75) is 38.5 Å². The second-order valence-electron chi connectivity index (χ2n) is 14.9. The Balaban J connectivity index is 1.13. The van der Waals surface area contributed by atoms with E-state index in [0.717, 1.165) is 44.0 Å². The lowest BCUT2D eigenvalue weighted by Crippen LogP contribution is -2.43. The minimum Gasteiger partial charge on any atom is -0.456 e. The van der Waals surface area contributed by atoms with Crippen LogP contribution in [0, 0.1) is 0 Å². The van der Waals surface area contributed by atoms with Gasteiger partial charge in [0.15, 0.2) is 17.5 Å². The topological polar surface area (TPSA) is 51.8 Å². The highest BCUT2D eigenvalue weighted by atomic mass is 16.3. The molecule has 0 unspecified atom stereocenters. The highest BCUT2D eigenvalue weighted by Crippen LogP contribution is 2.54. The largest absolute Gasteiger partial charge is 0.456 e. The predicted molar refractivity (Wildman–Crippen MR) is 210 cm³/mol. The van der Waals surface area contributed by atoms with Crippen molar-refractivity contribution in [1.82, 2.24) is 15.0 Å². The van der Waals surface area contributed by atoms with Crippen LogP contribution in [0.25, 0.3) is 88.8 Å².